The molecule has 1 aliphatic rings. The Morgan fingerprint density at radius 3 is 2.61 bits per heavy atom. The molecule has 5 heteroatoms. The first kappa shape index (κ1) is 12.9. The molecule has 18 heavy (non-hydrogen) atoms. The lowest BCUT2D eigenvalue weighted by atomic mass is 10.2. The predicted molar refractivity (Wildman–Crippen MR) is 72.3 cm³/mol. The van der Waals surface area contributed by atoms with Gasteiger partial charge in [0.15, 0.2) is 0 Å². The first-order valence-corrected chi connectivity index (χ1v) is 7.40. The highest BCUT2D eigenvalue weighted by Crippen LogP contribution is 2.17. The second kappa shape index (κ2) is 5.42. The van der Waals surface area contributed by atoms with Gasteiger partial charge in [0.1, 0.15) is 0 Å². The molecule has 1 aromatic rings. The molecule has 1 saturated heterocycles. The molecule has 96 valence electrons. The number of nitrogens with zero attached hydrogens (tertiary/aromatic N) is 1. The molecule has 0 aliphatic carbocycles. The van der Waals surface area contributed by atoms with Crippen LogP contribution >= 0.6 is 0 Å². The zero-order chi connectivity index (χ0) is 13.0. The Hall–Kier alpha value is -1.51. The molecule has 0 atom stereocenters. The quantitative estimate of drug-likeness (QED) is 0.846. The summed E-state index contributed by atoms with van der Waals surface area (Å²) in [6.45, 7) is 1.17. The molecule has 2 rings (SSSR count). The van der Waals surface area contributed by atoms with Gasteiger partial charge >= 0.3 is 10.2 Å². The van der Waals surface area contributed by atoms with Crippen LogP contribution in [0.5, 0.6) is 0 Å². The van der Waals surface area contributed by atoms with Crippen molar-refractivity contribution in [1.82, 2.24) is 4.31 Å². The highest BCUT2D eigenvalue weighted by molar-refractivity contribution is 7.90. The minimum Gasteiger partial charge on any atom is -0.271 e. The van der Waals surface area contributed by atoms with Crippen LogP contribution < -0.4 is 4.72 Å². The van der Waals surface area contributed by atoms with E-state index in [9.17, 15) is 8.42 Å². The Morgan fingerprint density at radius 2 is 1.94 bits per heavy atom. The number of terminal acetylenes is 1. The minimum absolute atomic E-state index is 0.510. The SMILES string of the molecule is C#Cc1cccc(NS(=O)(=O)N2CCCCC2)c1. The fourth-order valence-electron chi connectivity index (χ4n) is 1.99. The van der Waals surface area contributed by atoms with Crippen molar-refractivity contribution < 1.29 is 8.42 Å². The molecule has 1 fully saturated rings. The third-order valence-corrected chi connectivity index (χ3v) is 4.47. The summed E-state index contributed by atoms with van der Waals surface area (Å²) in [6.07, 6.45) is 8.23. The normalized spacial score (nSPS) is 17.1. The van der Waals surface area contributed by atoms with E-state index in [0.29, 0.717) is 24.3 Å². The maximum Gasteiger partial charge on any atom is 0.301 e. The van der Waals surface area contributed by atoms with Crippen molar-refractivity contribution in [1.29, 1.82) is 0 Å². The Kier molecular flexibility index (Phi) is 3.90. The van der Waals surface area contributed by atoms with Crippen LogP contribution in [0.4, 0.5) is 5.69 Å². The number of benzene rings is 1. The minimum atomic E-state index is -3.45. The Balaban J connectivity index is 2.14. The molecule has 0 amide bonds. The number of rotatable bonds is 3. The van der Waals surface area contributed by atoms with Crippen LogP contribution in [0.15, 0.2) is 24.3 Å². The fraction of sp³-hybridized carbons (Fsp3) is 0.385. The van der Waals surface area contributed by atoms with Gasteiger partial charge in [0.2, 0.25) is 0 Å². The van der Waals surface area contributed by atoms with Gasteiger partial charge in [-0.2, -0.15) is 12.7 Å². The lowest BCUT2D eigenvalue weighted by Gasteiger charge is -2.26. The molecular formula is C13H16N2O2S. The molecule has 0 saturated carbocycles. The van der Waals surface area contributed by atoms with E-state index in [2.05, 4.69) is 10.6 Å². The molecule has 0 bridgehead atoms. The first-order valence-electron chi connectivity index (χ1n) is 5.96. The first-order chi connectivity index (χ1) is 8.62. The summed E-state index contributed by atoms with van der Waals surface area (Å²) in [6, 6.07) is 6.85. The van der Waals surface area contributed by atoms with Gasteiger partial charge in [-0.05, 0) is 31.0 Å². The van der Waals surface area contributed by atoms with Crippen LogP contribution in [0.3, 0.4) is 0 Å². The summed E-state index contributed by atoms with van der Waals surface area (Å²) in [5, 5.41) is 0. The second-order valence-corrected chi connectivity index (χ2v) is 5.96. The van der Waals surface area contributed by atoms with Gasteiger partial charge in [-0.15, -0.1) is 6.42 Å². The zero-order valence-corrected chi connectivity index (χ0v) is 10.9. The molecule has 1 aromatic carbocycles. The summed E-state index contributed by atoms with van der Waals surface area (Å²) in [5.41, 5.74) is 1.17. The van der Waals surface area contributed by atoms with E-state index in [-0.39, 0.29) is 0 Å². The Bertz CT molecular complexity index is 555. The highest BCUT2D eigenvalue weighted by atomic mass is 32.2. The molecule has 1 heterocycles. The van der Waals surface area contributed by atoms with Crippen molar-refractivity contribution in [2.24, 2.45) is 0 Å². The molecule has 0 aromatic heterocycles. The smallest absolute Gasteiger partial charge is 0.271 e. The van der Waals surface area contributed by atoms with Crippen molar-refractivity contribution >= 4 is 15.9 Å². The number of anilines is 1. The molecule has 0 radical (unpaired) electrons. The van der Waals surface area contributed by atoms with Crippen molar-refractivity contribution in [3.8, 4) is 12.3 Å². The number of hydrogen-bond acceptors (Lipinski definition) is 2. The number of nitrogens with one attached hydrogen (secondary N) is 1. The van der Waals surface area contributed by atoms with E-state index in [1.807, 2.05) is 0 Å². The molecule has 1 aliphatic heterocycles. The molecule has 0 spiro atoms. The largest absolute Gasteiger partial charge is 0.301 e. The van der Waals surface area contributed by atoms with E-state index in [1.54, 1.807) is 24.3 Å². The Labute approximate surface area is 108 Å². The van der Waals surface area contributed by atoms with Crippen molar-refractivity contribution in [3.05, 3.63) is 29.8 Å². The molecular weight excluding hydrogens is 248 g/mol. The average Bonchev–Trinajstić information content (AvgIpc) is 2.39. The predicted octanol–water partition coefficient (Wildman–Crippen LogP) is 1.81. The summed E-state index contributed by atoms with van der Waals surface area (Å²) in [5.74, 6) is 2.48. The van der Waals surface area contributed by atoms with E-state index < -0.39 is 10.2 Å². The van der Waals surface area contributed by atoms with Crippen LogP contribution in [-0.4, -0.2) is 25.8 Å². The van der Waals surface area contributed by atoms with E-state index in [1.165, 1.54) is 4.31 Å². The van der Waals surface area contributed by atoms with E-state index >= 15 is 0 Å². The summed E-state index contributed by atoms with van der Waals surface area (Å²) in [4.78, 5) is 0. The van der Waals surface area contributed by atoms with Gasteiger partial charge in [-0.25, -0.2) is 0 Å². The third kappa shape index (κ3) is 3.03. The lowest BCUT2D eigenvalue weighted by Crippen LogP contribution is -2.39. The van der Waals surface area contributed by atoms with Crippen LogP contribution in [0.1, 0.15) is 24.8 Å². The van der Waals surface area contributed by atoms with Gasteiger partial charge < -0.3 is 0 Å². The van der Waals surface area contributed by atoms with Crippen LogP contribution in [0.25, 0.3) is 0 Å². The maximum absolute atomic E-state index is 12.1. The fourth-order valence-corrected chi connectivity index (χ4v) is 3.28. The van der Waals surface area contributed by atoms with E-state index in [4.69, 9.17) is 6.42 Å². The monoisotopic (exact) mass is 264 g/mol. The zero-order valence-electron chi connectivity index (χ0n) is 10.1. The summed E-state index contributed by atoms with van der Waals surface area (Å²) in [7, 11) is -3.45. The van der Waals surface area contributed by atoms with Gasteiger partial charge in [-0.3, -0.25) is 4.72 Å². The molecule has 1 N–H and O–H groups in total. The van der Waals surface area contributed by atoms with Gasteiger partial charge in [0.05, 0.1) is 5.69 Å². The average molecular weight is 264 g/mol. The summed E-state index contributed by atoms with van der Waals surface area (Å²) < 4.78 is 28.3. The maximum atomic E-state index is 12.1. The number of piperidine rings is 1. The standard InChI is InChI=1S/C13H16N2O2S/c1-2-12-7-6-8-13(11-12)14-18(16,17)15-9-4-3-5-10-15/h1,6-8,11,14H,3-5,9-10H2. The Morgan fingerprint density at radius 1 is 1.22 bits per heavy atom. The molecule has 4 nitrogen and oxygen atoms in total. The highest BCUT2D eigenvalue weighted by Gasteiger charge is 2.23. The van der Waals surface area contributed by atoms with Gasteiger partial charge in [0, 0.05) is 18.7 Å². The third-order valence-electron chi connectivity index (χ3n) is 2.93. The number of hydrogen-bond donors (Lipinski definition) is 1. The van der Waals surface area contributed by atoms with Crippen LogP contribution in [0.2, 0.25) is 0 Å². The topological polar surface area (TPSA) is 49.4 Å². The van der Waals surface area contributed by atoms with Crippen molar-refractivity contribution in [2.75, 3.05) is 17.8 Å². The summed E-state index contributed by atoms with van der Waals surface area (Å²) >= 11 is 0. The van der Waals surface area contributed by atoms with Crippen LogP contribution in [-0.2, 0) is 10.2 Å². The van der Waals surface area contributed by atoms with E-state index in [0.717, 1.165) is 19.3 Å². The van der Waals surface area contributed by atoms with Gasteiger partial charge in [-0.1, -0.05) is 18.4 Å². The van der Waals surface area contributed by atoms with Crippen molar-refractivity contribution in [3.63, 3.8) is 0 Å². The van der Waals surface area contributed by atoms with Crippen molar-refractivity contribution in [2.45, 2.75) is 19.3 Å². The lowest BCUT2D eigenvalue weighted by molar-refractivity contribution is 0.349. The molecule has 0 unspecified atom stereocenters. The second-order valence-electron chi connectivity index (χ2n) is 4.29. The van der Waals surface area contributed by atoms with Gasteiger partial charge in [0.25, 0.3) is 0 Å². The van der Waals surface area contributed by atoms with Crippen LogP contribution in [0, 0.1) is 12.3 Å².